The molecule has 1 aromatic carbocycles. The first-order chi connectivity index (χ1) is 12.6. The standard InChI is InChI=1S/C20H20O4.C2H6/c1-3-9-23-17-6-4-5-14-18(17)16(21)10-15-13-11-24-19(22)12(13)7-8-20(14,15)2;1-2/h3-6,15H,1,7-11H2,2H3;1-2H3. The Balaban J connectivity index is 0.000000948. The van der Waals surface area contributed by atoms with E-state index in [-0.39, 0.29) is 23.1 Å². The number of carbonyl (C=O) groups is 2. The molecule has 3 aliphatic rings. The van der Waals surface area contributed by atoms with Gasteiger partial charge in [0.1, 0.15) is 19.0 Å². The van der Waals surface area contributed by atoms with E-state index in [9.17, 15) is 9.59 Å². The van der Waals surface area contributed by atoms with E-state index in [1.165, 1.54) is 0 Å². The van der Waals surface area contributed by atoms with E-state index in [1.54, 1.807) is 6.08 Å². The van der Waals surface area contributed by atoms with Crippen LogP contribution in [0.5, 0.6) is 5.75 Å². The molecule has 26 heavy (non-hydrogen) atoms. The van der Waals surface area contributed by atoms with Crippen LogP contribution in [-0.2, 0) is 14.9 Å². The van der Waals surface area contributed by atoms with E-state index < -0.39 is 0 Å². The highest BCUT2D eigenvalue weighted by Crippen LogP contribution is 2.54. The highest BCUT2D eigenvalue weighted by atomic mass is 16.5. The molecule has 0 bridgehead atoms. The molecule has 4 rings (SSSR count). The van der Waals surface area contributed by atoms with Gasteiger partial charge >= 0.3 is 5.97 Å². The number of esters is 1. The van der Waals surface area contributed by atoms with Gasteiger partial charge in [-0.25, -0.2) is 4.79 Å². The van der Waals surface area contributed by atoms with Crippen molar-refractivity contribution in [3.8, 4) is 5.75 Å². The molecule has 0 fully saturated rings. The average Bonchev–Trinajstić information content (AvgIpc) is 3.04. The van der Waals surface area contributed by atoms with Crippen LogP contribution >= 0.6 is 0 Å². The lowest BCUT2D eigenvalue weighted by Gasteiger charge is -2.46. The van der Waals surface area contributed by atoms with Gasteiger partial charge in [-0.3, -0.25) is 4.79 Å². The van der Waals surface area contributed by atoms with Crippen molar-refractivity contribution in [2.24, 2.45) is 5.92 Å². The van der Waals surface area contributed by atoms with Crippen molar-refractivity contribution in [1.29, 1.82) is 0 Å². The summed E-state index contributed by atoms with van der Waals surface area (Å²) in [7, 11) is 0. The molecule has 1 heterocycles. The Kier molecular flexibility index (Phi) is 5.03. The molecule has 0 saturated heterocycles. The average molecular weight is 354 g/mol. The summed E-state index contributed by atoms with van der Waals surface area (Å²) in [4.78, 5) is 24.8. The van der Waals surface area contributed by atoms with Gasteiger partial charge in [0.25, 0.3) is 0 Å². The number of hydrogen-bond donors (Lipinski definition) is 0. The molecule has 0 radical (unpaired) electrons. The van der Waals surface area contributed by atoms with Gasteiger partial charge in [0, 0.05) is 23.3 Å². The first-order valence-electron chi connectivity index (χ1n) is 9.35. The Labute approximate surface area is 154 Å². The lowest BCUT2D eigenvalue weighted by Crippen LogP contribution is -2.43. The number of hydrogen-bond acceptors (Lipinski definition) is 4. The van der Waals surface area contributed by atoms with Crippen LogP contribution in [-0.4, -0.2) is 25.0 Å². The van der Waals surface area contributed by atoms with Crippen LogP contribution in [0.2, 0.25) is 0 Å². The third kappa shape index (κ3) is 2.68. The second-order valence-corrected chi connectivity index (χ2v) is 6.96. The molecule has 1 aliphatic heterocycles. The highest BCUT2D eigenvalue weighted by Gasteiger charge is 2.51. The second kappa shape index (κ2) is 7.10. The summed E-state index contributed by atoms with van der Waals surface area (Å²) < 4.78 is 11.0. The predicted octanol–water partition coefficient (Wildman–Crippen LogP) is 4.39. The molecular formula is C22H26O4. The summed E-state index contributed by atoms with van der Waals surface area (Å²) in [5, 5.41) is 0. The third-order valence-electron chi connectivity index (χ3n) is 5.74. The van der Waals surface area contributed by atoms with Crippen LogP contribution in [0.3, 0.4) is 0 Å². The number of benzene rings is 1. The van der Waals surface area contributed by atoms with Crippen LogP contribution in [0, 0.1) is 5.92 Å². The third-order valence-corrected chi connectivity index (χ3v) is 5.74. The monoisotopic (exact) mass is 354 g/mol. The van der Waals surface area contributed by atoms with Gasteiger partial charge in [0.05, 0.1) is 5.56 Å². The van der Waals surface area contributed by atoms with Crippen LogP contribution in [0.25, 0.3) is 0 Å². The van der Waals surface area contributed by atoms with Gasteiger partial charge in [-0.15, -0.1) is 0 Å². The van der Waals surface area contributed by atoms with Crippen molar-refractivity contribution in [1.82, 2.24) is 0 Å². The van der Waals surface area contributed by atoms with Crippen molar-refractivity contribution >= 4 is 11.8 Å². The van der Waals surface area contributed by atoms with Crippen LogP contribution in [0.4, 0.5) is 0 Å². The maximum atomic E-state index is 12.9. The lowest BCUT2D eigenvalue weighted by molar-refractivity contribution is -0.136. The minimum absolute atomic E-state index is 0.0438. The van der Waals surface area contributed by atoms with Gasteiger partial charge < -0.3 is 9.47 Å². The maximum Gasteiger partial charge on any atom is 0.334 e. The first-order valence-corrected chi connectivity index (χ1v) is 9.35. The van der Waals surface area contributed by atoms with Crippen LogP contribution in [0.15, 0.2) is 42.0 Å². The SMILES string of the molecule is C=CCOc1cccc2c1C(=O)CC1C3=C(CCC21C)C(=O)OC3.CC. The van der Waals surface area contributed by atoms with Crippen LogP contribution < -0.4 is 4.74 Å². The molecule has 0 amide bonds. The van der Waals surface area contributed by atoms with Gasteiger partial charge in [-0.2, -0.15) is 0 Å². The molecule has 0 spiro atoms. The lowest BCUT2D eigenvalue weighted by atomic mass is 9.56. The first kappa shape index (κ1) is 18.4. The van der Waals surface area contributed by atoms with Crippen molar-refractivity contribution in [3.63, 3.8) is 0 Å². The largest absolute Gasteiger partial charge is 0.489 e. The molecule has 2 aliphatic carbocycles. The Bertz CT molecular complexity index is 789. The van der Waals surface area contributed by atoms with Crippen molar-refractivity contribution in [2.75, 3.05) is 13.2 Å². The number of ether oxygens (including phenoxy) is 2. The zero-order valence-electron chi connectivity index (χ0n) is 15.8. The van der Waals surface area contributed by atoms with Gasteiger partial charge in [-0.05, 0) is 30.0 Å². The molecule has 0 saturated carbocycles. The minimum atomic E-state index is -0.201. The number of rotatable bonds is 3. The van der Waals surface area contributed by atoms with Gasteiger partial charge in [-0.1, -0.05) is 45.6 Å². The molecule has 0 N–H and O–H groups in total. The Morgan fingerprint density at radius 2 is 2.12 bits per heavy atom. The molecular weight excluding hydrogens is 328 g/mol. The number of ketones is 1. The Morgan fingerprint density at radius 1 is 1.35 bits per heavy atom. The molecule has 4 heteroatoms. The summed E-state index contributed by atoms with van der Waals surface area (Å²) in [6.07, 6.45) is 3.65. The normalized spacial score (nSPS) is 26.0. The fraction of sp³-hybridized carbons (Fsp3) is 0.455. The molecule has 4 nitrogen and oxygen atoms in total. The fourth-order valence-corrected chi connectivity index (χ4v) is 4.49. The molecule has 2 atom stereocenters. The summed E-state index contributed by atoms with van der Waals surface area (Å²) in [5.41, 5.74) is 3.41. The summed E-state index contributed by atoms with van der Waals surface area (Å²) in [5.74, 6) is 0.562. The number of carbonyl (C=O) groups excluding carboxylic acids is 2. The molecule has 1 aromatic rings. The number of fused-ring (bicyclic) bond motifs is 4. The minimum Gasteiger partial charge on any atom is -0.489 e. The van der Waals surface area contributed by atoms with E-state index in [4.69, 9.17) is 9.47 Å². The van der Waals surface area contributed by atoms with E-state index >= 15 is 0 Å². The highest BCUT2D eigenvalue weighted by molar-refractivity contribution is 6.03. The van der Waals surface area contributed by atoms with Gasteiger partial charge in [0.15, 0.2) is 5.78 Å². The van der Waals surface area contributed by atoms with Crippen molar-refractivity contribution in [3.05, 3.63) is 53.1 Å². The Morgan fingerprint density at radius 3 is 2.85 bits per heavy atom. The second-order valence-electron chi connectivity index (χ2n) is 6.96. The quantitative estimate of drug-likeness (QED) is 0.597. The number of cyclic esters (lactones) is 1. The van der Waals surface area contributed by atoms with E-state index in [1.807, 2.05) is 32.0 Å². The Hall–Kier alpha value is -2.36. The summed E-state index contributed by atoms with van der Waals surface area (Å²) in [6.45, 7) is 10.6. The van der Waals surface area contributed by atoms with Crippen molar-refractivity contribution < 1.29 is 19.1 Å². The van der Waals surface area contributed by atoms with Crippen molar-refractivity contribution in [2.45, 2.75) is 45.4 Å². The maximum absolute atomic E-state index is 12.9. The number of Topliss-reactive ketones (excluding diaryl/α,β-unsaturated/α-hetero) is 1. The van der Waals surface area contributed by atoms with E-state index in [2.05, 4.69) is 13.5 Å². The summed E-state index contributed by atoms with van der Waals surface area (Å²) in [6, 6.07) is 5.82. The molecule has 2 unspecified atom stereocenters. The topological polar surface area (TPSA) is 52.6 Å². The van der Waals surface area contributed by atoms with Crippen LogP contribution in [0.1, 0.15) is 56.0 Å². The predicted molar refractivity (Wildman–Crippen MR) is 100 cm³/mol. The zero-order chi connectivity index (χ0) is 18.9. The zero-order valence-corrected chi connectivity index (χ0v) is 15.8. The fourth-order valence-electron chi connectivity index (χ4n) is 4.49. The van der Waals surface area contributed by atoms with E-state index in [0.29, 0.717) is 37.4 Å². The van der Waals surface area contributed by atoms with E-state index in [0.717, 1.165) is 23.1 Å². The molecule has 0 aromatic heterocycles. The smallest absolute Gasteiger partial charge is 0.334 e. The van der Waals surface area contributed by atoms with Gasteiger partial charge in [0.2, 0.25) is 0 Å². The summed E-state index contributed by atoms with van der Waals surface area (Å²) >= 11 is 0. The molecule has 138 valence electrons.